The van der Waals surface area contributed by atoms with Gasteiger partial charge < -0.3 is 19.4 Å². The van der Waals surface area contributed by atoms with Crippen LogP contribution in [0.1, 0.15) is 19.3 Å². The topological polar surface area (TPSA) is 58.9 Å². The molecule has 0 atom stereocenters. The summed E-state index contributed by atoms with van der Waals surface area (Å²) in [7, 11) is 0.500. The summed E-state index contributed by atoms with van der Waals surface area (Å²) in [6.45, 7) is 1.97. The largest absolute Gasteiger partial charge is 0.420 e. The molecule has 0 saturated heterocycles. The molecule has 0 fully saturated rings. The number of hydrogen-bond donors (Lipinski definition) is 2. The minimum Gasteiger partial charge on any atom is -0.420 e. The van der Waals surface area contributed by atoms with Crippen LogP contribution in [0.3, 0.4) is 0 Å². The highest BCUT2D eigenvalue weighted by Crippen LogP contribution is 2.07. The maximum Gasteiger partial charge on any atom is 0.177 e. The molecule has 0 bridgehead atoms. The van der Waals surface area contributed by atoms with E-state index >= 15 is 0 Å². The van der Waals surface area contributed by atoms with Gasteiger partial charge in [-0.3, -0.25) is 0 Å². The van der Waals surface area contributed by atoms with Crippen LogP contribution in [0.25, 0.3) is 0 Å². The molecule has 0 heterocycles. The zero-order valence-electron chi connectivity index (χ0n) is 9.65. The van der Waals surface area contributed by atoms with Gasteiger partial charge in [0.15, 0.2) is 9.04 Å². The van der Waals surface area contributed by atoms with E-state index in [1.807, 2.05) is 0 Å². The molecule has 0 aliphatic carbocycles. The minimum absolute atomic E-state index is 0.240. The Morgan fingerprint density at radius 1 is 0.933 bits per heavy atom. The van der Waals surface area contributed by atoms with Gasteiger partial charge in [0.1, 0.15) is 0 Å². The summed E-state index contributed by atoms with van der Waals surface area (Å²) in [5.41, 5.74) is 0. The highest BCUT2D eigenvalue weighted by molar-refractivity contribution is 6.51. The summed E-state index contributed by atoms with van der Waals surface area (Å²) < 4.78 is 10.7. The Labute approximate surface area is 93.9 Å². The summed E-state index contributed by atoms with van der Waals surface area (Å²) >= 11 is 0. The summed E-state index contributed by atoms with van der Waals surface area (Å²) in [4.78, 5) is 0. The molecular formula is C10H24O4Si. The predicted molar refractivity (Wildman–Crippen MR) is 62.6 cm³/mol. The van der Waals surface area contributed by atoms with E-state index in [-0.39, 0.29) is 13.2 Å². The molecular weight excluding hydrogens is 212 g/mol. The van der Waals surface area contributed by atoms with Crippen LogP contribution in [0.4, 0.5) is 0 Å². The van der Waals surface area contributed by atoms with E-state index in [1.54, 1.807) is 7.11 Å². The van der Waals surface area contributed by atoms with Crippen LogP contribution in [-0.2, 0) is 9.16 Å². The number of hydrogen-bond acceptors (Lipinski definition) is 4. The molecule has 0 saturated carbocycles. The normalized spacial score (nSPS) is 11.2. The molecule has 0 unspecified atom stereocenters. The molecule has 92 valence electrons. The van der Waals surface area contributed by atoms with Crippen LogP contribution < -0.4 is 0 Å². The average molecular weight is 236 g/mol. The van der Waals surface area contributed by atoms with E-state index in [0.29, 0.717) is 0 Å². The number of aliphatic hydroxyl groups is 2. The fraction of sp³-hybridized carbons (Fsp3) is 1.00. The number of aliphatic hydroxyl groups excluding tert-OH is 2. The Morgan fingerprint density at radius 2 is 1.53 bits per heavy atom. The molecule has 0 aromatic heterocycles. The number of rotatable bonds is 11. The minimum atomic E-state index is -1.19. The van der Waals surface area contributed by atoms with Gasteiger partial charge in [0.2, 0.25) is 0 Å². The summed E-state index contributed by atoms with van der Waals surface area (Å²) in [6, 6.07) is 2.01. The third kappa shape index (κ3) is 10.3. The Hall–Kier alpha value is 0.0569. The van der Waals surface area contributed by atoms with E-state index in [4.69, 9.17) is 19.4 Å². The molecule has 0 radical (unpaired) electrons. The Bertz CT molecular complexity index is 116. The van der Waals surface area contributed by atoms with Crippen molar-refractivity contribution in [3.05, 3.63) is 0 Å². The lowest BCUT2D eigenvalue weighted by Crippen LogP contribution is -2.20. The first-order chi connectivity index (χ1) is 7.35. The van der Waals surface area contributed by atoms with Gasteiger partial charge in [-0.15, -0.1) is 0 Å². The molecule has 0 aromatic rings. The lowest BCUT2D eigenvalue weighted by atomic mass is 10.5. The third-order valence-corrected chi connectivity index (χ3v) is 5.03. The van der Waals surface area contributed by atoms with Crippen LogP contribution >= 0.6 is 0 Å². The number of methoxy groups -OCH3 is 1. The first-order valence-electron chi connectivity index (χ1n) is 5.67. The van der Waals surface area contributed by atoms with Gasteiger partial charge in [-0.25, -0.2) is 0 Å². The van der Waals surface area contributed by atoms with Crippen molar-refractivity contribution in [2.45, 2.75) is 31.4 Å². The maximum atomic E-state index is 8.75. The van der Waals surface area contributed by atoms with Gasteiger partial charge in [0.25, 0.3) is 0 Å². The molecule has 5 heteroatoms. The molecule has 0 amide bonds. The third-order valence-electron chi connectivity index (χ3n) is 2.21. The fourth-order valence-corrected chi connectivity index (χ4v) is 3.80. The predicted octanol–water partition coefficient (Wildman–Crippen LogP) is 0.528. The van der Waals surface area contributed by atoms with E-state index in [2.05, 4.69) is 0 Å². The van der Waals surface area contributed by atoms with E-state index < -0.39 is 9.04 Å². The van der Waals surface area contributed by atoms with Gasteiger partial charge in [0, 0.05) is 33.5 Å². The SMILES string of the molecule is COCCCO[SiH](CCCO)CCCO. The van der Waals surface area contributed by atoms with E-state index in [0.717, 1.165) is 44.6 Å². The van der Waals surface area contributed by atoms with Gasteiger partial charge in [-0.1, -0.05) is 0 Å². The van der Waals surface area contributed by atoms with Crippen LogP contribution in [0, 0.1) is 0 Å². The lowest BCUT2D eigenvalue weighted by molar-refractivity contribution is 0.171. The highest BCUT2D eigenvalue weighted by atomic mass is 28.3. The molecule has 15 heavy (non-hydrogen) atoms. The van der Waals surface area contributed by atoms with Crippen molar-refractivity contribution in [3.8, 4) is 0 Å². The standard InChI is InChI=1S/C10H24O4Si/c1-13-7-4-8-14-15(9-2-5-11)10-3-6-12/h11-12,15H,2-10H2,1H3. The van der Waals surface area contributed by atoms with Gasteiger partial charge in [0.05, 0.1) is 0 Å². The summed E-state index contributed by atoms with van der Waals surface area (Å²) in [5.74, 6) is 0. The molecule has 4 nitrogen and oxygen atoms in total. The first kappa shape index (κ1) is 15.1. The fourth-order valence-electron chi connectivity index (χ4n) is 1.40. The molecule has 0 aromatic carbocycles. The van der Waals surface area contributed by atoms with Crippen LogP contribution in [0.5, 0.6) is 0 Å². The van der Waals surface area contributed by atoms with Crippen molar-refractivity contribution >= 4 is 9.04 Å². The second-order valence-electron chi connectivity index (χ2n) is 3.57. The van der Waals surface area contributed by atoms with Crippen LogP contribution in [0.2, 0.25) is 12.1 Å². The lowest BCUT2D eigenvalue weighted by Gasteiger charge is -2.15. The van der Waals surface area contributed by atoms with Gasteiger partial charge in [-0.2, -0.15) is 0 Å². The van der Waals surface area contributed by atoms with Crippen LogP contribution in [0.15, 0.2) is 0 Å². The van der Waals surface area contributed by atoms with Crippen LogP contribution in [-0.4, -0.2) is 52.8 Å². The van der Waals surface area contributed by atoms with Crippen molar-refractivity contribution in [2.24, 2.45) is 0 Å². The Kier molecular flexibility index (Phi) is 12.2. The quantitative estimate of drug-likeness (QED) is 0.406. The maximum absolute atomic E-state index is 8.75. The zero-order valence-corrected chi connectivity index (χ0v) is 10.8. The summed E-state index contributed by atoms with van der Waals surface area (Å²) in [6.07, 6.45) is 2.58. The molecule has 0 aliphatic rings. The van der Waals surface area contributed by atoms with Crippen molar-refractivity contribution in [1.82, 2.24) is 0 Å². The average Bonchev–Trinajstić information content (AvgIpc) is 2.27. The van der Waals surface area contributed by atoms with E-state index in [1.165, 1.54) is 0 Å². The second-order valence-corrected chi connectivity index (χ2v) is 6.30. The second kappa shape index (κ2) is 12.1. The Morgan fingerprint density at radius 3 is 2.00 bits per heavy atom. The monoisotopic (exact) mass is 236 g/mol. The van der Waals surface area contributed by atoms with Gasteiger partial charge in [-0.05, 0) is 31.4 Å². The molecule has 0 spiro atoms. The number of ether oxygens (including phenoxy) is 1. The van der Waals surface area contributed by atoms with Crippen molar-refractivity contribution in [2.75, 3.05) is 33.5 Å². The first-order valence-corrected chi connectivity index (χ1v) is 7.77. The molecule has 0 aliphatic heterocycles. The van der Waals surface area contributed by atoms with E-state index in [9.17, 15) is 0 Å². The summed E-state index contributed by atoms with van der Waals surface area (Å²) in [5, 5.41) is 17.5. The molecule has 2 N–H and O–H groups in total. The van der Waals surface area contributed by atoms with Gasteiger partial charge >= 0.3 is 0 Å². The highest BCUT2D eigenvalue weighted by Gasteiger charge is 2.10. The smallest absolute Gasteiger partial charge is 0.177 e. The van der Waals surface area contributed by atoms with Crippen molar-refractivity contribution in [3.63, 3.8) is 0 Å². The molecule has 0 rings (SSSR count). The zero-order chi connectivity index (χ0) is 11.4. The van der Waals surface area contributed by atoms with Crippen molar-refractivity contribution < 1.29 is 19.4 Å². The van der Waals surface area contributed by atoms with Crippen molar-refractivity contribution in [1.29, 1.82) is 0 Å². The Balaban J connectivity index is 3.49.